The average molecular weight is 273 g/mol. The molecule has 2 aromatic carbocycles. The normalized spacial score (nSPS) is 10.2. The van der Waals surface area contributed by atoms with Gasteiger partial charge in [0.05, 0.1) is 18.2 Å². The first-order chi connectivity index (χ1) is 9.22. The second kappa shape index (κ2) is 6.37. The van der Waals surface area contributed by atoms with Gasteiger partial charge in [0.1, 0.15) is 5.82 Å². The van der Waals surface area contributed by atoms with E-state index in [0.717, 1.165) is 10.5 Å². The summed E-state index contributed by atoms with van der Waals surface area (Å²) in [7, 11) is 0. The number of aliphatic hydroxyl groups is 1. The average Bonchev–Trinajstić information content (AvgIpc) is 2.45. The summed E-state index contributed by atoms with van der Waals surface area (Å²) in [6.45, 7) is -0.00217. The lowest BCUT2D eigenvalue weighted by Gasteiger charge is -2.05. The fraction of sp³-hybridized carbons (Fsp3) is 0.133. The smallest absolute Gasteiger partial charge is 0.123 e. The van der Waals surface area contributed by atoms with Crippen molar-refractivity contribution in [3.05, 3.63) is 65.0 Å². The van der Waals surface area contributed by atoms with E-state index >= 15 is 0 Å². The Hall–Kier alpha value is -1.83. The van der Waals surface area contributed by atoms with Crippen LogP contribution in [0.4, 0.5) is 4.39 Å². The molecule has 0 spiro atoms. The lowest BCUT2D eigenvalue weighted by molar-refractivity contribution is 0.281. The van der Waals surface area contributed by atoms with E-state index in [4.69, 9.17) is 10.4 Å². The molecule has 0 aromatic heterocycles. The van der Waals surface area contributed by atoms with Crippen LogP contribution in [0, 0.1) is 17.1 Å². The molecule has 2 aromatic rings. The van der Waals surface area contributed by atoms with Crippen LogP contribution < -0.4 is 0 Å². The maximum absolute atomic E-state index is 13.2. The van der Waals surface area contributed by atoms with Crippen molar-refractivity contribution in [3.8, 4) is 6.07 Å². The van der Waals surface area contributed by atoms with Gasteiger partial charge in [-0.15, -0.1) is 11.8 Å². The van der Waals surface area contributed by atoms with Gasteiger partial charge in [0.2, 0.25) is 0 Å². The maximum atomic E-state index is 13.2. The van der Waals surface area contributed by atoms with Crippen molar-refractivity contribution in [2.75, 3.05) is 0 Å². The van der Waals surface area contributed by atoms with E-state index in [1.165, 1.54) is 30.0 Å². The Balaban J connectivity index is 2.14. The number of hydrogen-bond acceptors (Lipinski definition) is 3. The van der Waals surface area contributed by atoms with Gasteiger partial charge in [0.15, 0.2) is 0 Å². The van der Waals surface area contributed by atoms with Crippen molar-refractivity contribution in [3.63, 3.8) is 0 Å². The molecule has 0 atom stereocenters. The number of aliphatic hydroxyl groups excluding tert-OH is 1. The molecule has 0 aliphatic carbocycles. The van der Waals surface area contributed by atoms with E-state index in [1.54, 1.807) is 0 Å². The Morgan fingerprint density at radius 2 is 2.05 bits per heavy atom. The summed E-state index contributed by atoms with van der Waals surface area (Å²) in [5.74, 6) is 0.189. The minimum absolute atomic E-state index is 0.00217. The molecule has 0 saturated heterocycles. The maximum Gasteiger partial charge on any atom is 0.123 e. The molecule has 19 heavy (non-hydrogen) atoms. The zero-order valence-corrected chi connectivity index (χ0v) is 11.0. The summed E-state index contributed by atoms with van der Waals surface area (Å²) in [6.07, 6.45) is 0. The van der Waals surface area contributed by atoms with Gasteiger partial charge in [0, 0.05) is 10.6 Å². The van der Waals surface area contributed by atoms with E-state index in [0.29, 0.717) is 16.9 Å². The van der Waals surface area contributed by atoms with Crippen molar-refractivity contribution in [2.24, 2.45) is 0 Å². The molecule has 0 bridgehead atoms. The van der Waals surface area contributed by atoms with Gasteiger partial charge in [-0.1, -0.05) is 12.1 Å². The number of halogens is 1. The van der Waals surface area contributed by atoms with E-state index in [1.807, 2.05) is 24.3 Å². The van der Waals surface area contributed by atoms with Crippen molar-refractivity contribution in [2.45, 2.75) is 17.3 Å². The summed E-state index contributed by atoms with van der Waals surface area (Å²) in [5.41, 5.74) is 2.01. The van der Waals surface area contributed by atoms with Crippen LogP contribution in [0.25, 0.3) is 0 Å². The Morgan fingerprint density at radius 3 is 2.79 bits per heavy atom. The molecular weight excluding hydrogens is 261 g/mol. The van der Waals surface area contributed by atoms with Gasteiger partial charge >= 0.3 is 0 Å². The van der Waals surface area contributed by atoms with Crippen molar-refractivity contribution in [1.82, 2.24) is 0 Å². The largest absolute Gasteiger partial charge is 0.392 e. The highest BCUT2D eigenvalue weighted by atomic mass is 32.2. The monoisotopic (exact) mass is 273 g/mol. The second-order valence-electron chi connectivity index (χ2n) is 4.01. The van der Waals surface area contributed by atoms with Crippen LogP contribution in [-0.4, -0.2) is 5.11 Å². The van der Waals surface area contributed by atoms with Gasteiger partial charge in [-0.3, -0.25) is 0 Å². The minimum atomic E-state index is -0.335. The molecule has 0 amide bonds. The number of rotatable bonds is 4. The zero-order chi connectivity index (χ0) is 13.7. The summed E-state index contributed by atoms with van der Waals surface area (Å²) < 4.78 is 13.2. The fourth-order valence-electron chi connectivity index (χ4n) is 1.69. The molecule has 0 radical (unpaired) electrons. The summed E-state index contributed by atoms with van der Waals surface area (Å²) in [6, 6.07) is 13.8. The molecule has 0 aliphatic rings. The fourth-order valence-corrected chi connectivity index (χ4v) is 2.66. The Labute approximate surface area is 115 Å². The molecule has 0 unspecified atom stereocenters. The minimum Gasteiger partial charge on any atom is -0.392 e. The standard InChI is InChI=1S/C15H12FNOS/c16-14-5-4-12(8-17)13(7-14)10-19-15-3-1-2-11(6-15)9-18/h1-7,18H,9-10H2. The van der Waals surface area contributed by atoms with E-state index in [9.17, 15) is 4.39 Å². The predicted molar refractivity (Wildman–Crippen MR) is 73.0 cm³/mol. The molecule has 96 valence electrons. The number of nitriles is 1. The molecule has 2 rings (SSSR count). The van der Waals surface area contributed by atoms with Gasteiger partial charge < -0.3 is 5.11 Å². The Bertz CT molecular complexity index is 622. The van der Waals surface area contributed by atoms with Crippen LogP contribution >= 0.6 is 11.8 Å². The highest BCUT2D eigenvalue weighted by Gasteiger charge is 2.05. The van der Waals surface area contributed by atoms with Crippen molar-refractivity contribution < 1.29 is 9.50 Å². The third kappa shape index (κ3) is 3.57. The Morgan fingerprint density at radius 1 is 1.21 bits per heavy atom. The molecule has 1 N–H and O–H groups in total. The zero-order valence-electron chi connectivity index (χ0n) is 10.1. The molecule has 4 heteroatoms. The number of benzene rings is 2. The third-order valence-electron chi connectivity index (χ3n) is 2.66. The second-order valence-corrected chi connectivity index (χ2v) is 5.06. The molecule has 2 nitrogen and oxygen atoms in total. The quantitative estimate of drug-likeness (QED) is 0.867. The summed E-state index contributed by atoms with van der Waals surface area (Å²) >= 11 is 1.51. The van der Waals surface area contributed by atoms with Gasteiger partial charge in [-0.25, -0.2) is 4.39 Å². The van der Waals surface area contributed by atoms with Crippen LogP contribution in [0.3, 0.4) is 0 Å². The predicted octanol–water partition coefficient (Wildman–Crippen LogP) is 3.48. The lowest BCUT2D eigenvalue weighted by atomic mass is 10.1. The van der Waals surface area contributed by atoms with Gasteiger partial charge in [-0.05, 0) is 41.5 Å². The molecule has 0 saturated carbocycles. The molecule has 0 heterocycles. The third-order valence-corrected chi connectivity index (χ3v) is 3.71. The highest BCUT2D eigenvalue weighted by Crippen LogP contribution is 2.25. The van der Waals surface area contributed by atoms with Gasteiger partial charge in [0.25, 0.3) is 0 Å². The lowest BCUT2D eigenvalue weighted by Crippen LogP contribution is -1.90. The van der Waals surface area contributed by atoms with E-state index in [-0.39, 0.29) is 12.4 Å². The molecule has 0 aliphatic heterocycles. The van der Waals surface area contributed by atoms with E-state index < -0.39 is 0 Å². The van der Waals surface area contributed by atoms with Crippen LogP contribution in [0.1, 0.15) is 16.7 Å². The van der Waals surface area contributed by atoms with Crippen molar-refractivity contribution >= 4 is 11.8 Å². The van der Waals surface area contributed by atoms with Crippen molar-refractivity contribution in [1.29, 1.82) is 5.26 Å². The first-order valence-electron chi connectivity index (χ1n) is 5.74. The topological polar surface area (TPSA) is 44.0 Å². The van der Waals surface area contributed by atoms with Crippen LogP contribution in [0.15, 0.2) is 47.4 Å². The first kappa shape index (κ1) is 13.6. The number of nitrogens with zero attached hydrogens (tertiary/aromatic N) is 1. The number of hydrogen-bond donors (Lipinski definition) is 1. The van der Waals surface area contributed by atoms with Gasteiger partial charge in [-0.2, -0.15) is 5.26 Å². The van der Waals surface area contributed by atoms with Crippen LogP contribution in [0.5, 0.6) is 0 Å². The van der Waals surface area contributed by atoms with Crippen LogP contribution in [-0.2, 0) is 12.4 Å². The number of thioether (sulfide) groups is 1. The van der Waals surface area contributed by atoms with Crippen LogP contribution in [0.2, 0.25) is 0 Å². The highest BCUT2D eigenvalue weighted by molar-refractivity contribution is 7.98. The van der Waals surface area contributed by atoms with E-state index in [2.05, 4.69) is 6.07 Å². The summed E-state index contributed by atoms with van der Waals surface area (Å²) in [5, 5.41) is 18.0. The Kier molecular flexibility index (Phi) is 4.56. The first-order valence-corrected chi connectivity index (χ1v) is 6.72. The SMILES string of the molecule is N#Cc1ccc(F)cc1CSc1cccc(CO)c1. The summed E-state index contributed by atoms with van der Waals surface area (Å²) in [4.78, 5) is 0.986. The molecular formula is C15H12FNOS. The molecule has 0 fully saturated rings.